The second kappa shape index (κ2) is 5.99. The summed E-state index contributed by atoms with van der Waals surface area (Å²) in [7, 11) is 5.84. The first-order valence-electron chi connectivity index (χ1n) is 6.83. The van der Waals surface area contributed by atoms with Gasteiger partial charge in [-0.1, -0.05) is 0 Å². The van der Waals surface area contributed by atoms with Gasteiger partial charge >= 0.3 is 0 Å². The summed E-state index contributed by atoms with van der Waals surface area (Å²) in [6.45, 7) is 2.67. The second-order valence-corrected chi connectivity index (χ2v) is 5.64. The molecule has 3 atom stereocenters. The molecular formula is C13H25N3O2. The highest BCUT2D eigenvalue weighted by atomic mass is 16.5. The molecule has 0 aromatic heterocycles. The van der Waals surface area contributed by atoms with E-state index in [9.17, 15) is 4.79 Å². The Bertz CT molecular complexity index is 296. The number of nitrogens with one attached hydrogen (secondary N) is 1. The van der Waals surface area contributed by atoms with Crippen LogP contribution in [0.15, 0.2) is 0 Å². The van der Waals surface area contributed by atoms with Crippen LogP contribution in [0.5, 0.6) is 0 Å². The number of methoxy groups -OCH3 is 1. The minimum absolute atomic E-state index is 0.0438. The number of hydrogen-bond donors (Lipinski definition) is 1. The van der Waals surface area contributed by atoms with Crippen LogP contribution in [0.4, 0.5) is 0 Å². The van der Waals surface area contributed by atoms with E-state index in [1.165, 1.54) is 0 Å². The molecule has 0 bridgehead atoms. The van der Waals surface area contributed by atoms with Crippen molar-refractivity contribution in [1.29, 1.82) is 0 Å². The van der Waals surface area contributed by atoms with Crippen molar-refractivity contribution >= 4 is 5.91 Å². The smallest absolute Gasteiger partial charge is 0.240 e. The molecule has 104 valence electrons. The third-order valence-corrected chi connectivity index (χ3v) is 3.96. The summed E-state index contributed by atoms with van der Waals surface area (Å²) >= 11 is 0. The molecule has 1 N–H and O–H groups in total. The number of amides is 1. The molecule has 0 aromatic rings. The maximum absolute atomic E-state index is 12.5. The number of carbonyl (C=O) groups excluding carboxylic acids is 1. The van der Waals surface area contributed by atoms with Gasteiger partial charge in [0.05, 0.1) is 12.1 Å². The van der Waals surface area contributed by atoms with E-state index in [1.807, 2.05) is 0 Å². The summed E-state index contributed by atoms with van der Waals surface area (Å²) in [6, 6.07) is 0.341. The van der Waals surface area contributed by atoms with Crippen molar-refractivity contribution in [3.8, 4) is 0 Å². The second-order valence-electron chi connectivity index (χ2n) is 5.64. The Morgan fingerprint density at radius 3 is 2.89 bits per heavy atom. The molecule has 3 unspecified atom stereocenters. The molecule has 2 rings (SSSR count). The lowest BCUT2D eigenvalue weighted by molar-refractivity contribution is -0.134. The fourth-order valence-corrected chi connectivity index (χ4v) is 3.01. The Kier molecular flexibility index (Phi) is 4.59. The number of rotatable bonds is 4. The van der Waals surface area contributed by atoms with Crippen LogP contribution < -0.4 is 5.32 Å². The van der Waals surface area contributed by atoms with E-state index in [1.54, 1.807) is 7.11 Å². The molecule has 0 aromatic carbocycles. The average molecular weight is 255 g/mol. The van der Waals surface area contributed by atoms with Crippen LogP contribution >= 0.6 is 0 Å². The zero-order chi connectivity index (χ0) is 13.1. The van der Waals surface area contributed by atoms with Crippen molar-refractivity contribution in [2.75, 3.05) is 40.8 Å². The third kappa shape index (κ3) is 3.02. The molecule has 5 heteroatoms. The zero-order valence-corrected chi connectivity index (χ0v) is 11.7. The first-order chi connectivity index (χ1) is 8.61. The van der Waals surface area contributed by atoms with Gasteiger partial charge in [0.1, 0.15) is 0 Å². The number of likely N-dealkylation sites (tertiary alicyclic amines) is 1. The Morgan fingerprint density at radius 2 is 2.28 bits per heavy atom. The standard InChI is InChI=1S/C13H25N3O2/c1-15(2)9-10-5-4-6-16(10)13(17)12-7-11(18-3)8-14-12/h10-12,14H,4-9H2,1-3H3. The molecule has 2 heterocycles. The van der Waals surface area contributed by atoms with Gasteiger partial charge in [0.25, 0.3) is 0 Å². The molecule has 1 amide bonds. The van der Waals surface area contributed by atoms with Crippen LogP contribution in [0, 0.1) is 0 Å². The summed E-state index contributed by atoms with van der Waals surface area (Å²) in [4.78, 5) is 16.7. The van der Waals surface area contributed by atoms with E-state index in [0.29, 0.717) is 6.04 Å². The Labute approximate surface area is 109 Å². The molecule has 18 heavy (non-hydrogen) atoms. The first kappa shape index (κ1) is 13.8. The van der Waals surface area contributed by atoms with Crippen molar-refractivity contribution in [2.45, 2.75) is 37.5 Å². The highest BCUT2D eigenvalue weighted by Crippen LogP contribution is 2.21. The lowest BCUT2D eigenvalue weighted by Gasteiger charge is -2.29. The summed E-state index contributed by atoms with van der Waals surface area (Å²) < 4.78 is 5.30. The van der Waals surface area contributed by atoms with Crippen LogP contribution in [0.1, 0.15) is 19.3 Å². The summed E-state index contributed by atoms with van der Waals surface area (Å²) in [6.07, 6.45) is 3.25. The van der Waals surface area contributed by atoms with Crippen LogP contribution in [-0.2, 0) is 9.53 Å². The fraction of sp³-hybridized carbons (Fsp3) is 0.923. The number of carbonyl (C=O) groups is 1. The molecule has 0 radical (unpaired) electrons. The maximum atomic E-state index is 12.5. The van der Waals surface area contributed by atoms with Gasteiger partial charge < -0.3 is 19.9 Å². The van der Waals surface area contributed by atoms with E-state index in [0.717, 1.165) is 38.9 Å². The van der Waals surface area contributed by atoms with Gasteiger partial charge in [-0.2, -0.15) is 0 Å². The predicted molar refractivity (Wildman–Crippen MR) is 70.5 cm³/mol. The van der Waals surface area contributed by atoms with Crippen LogP contribution in [0.3, 0.4) is 0 Å². The van der Waals surface area contributed by atoms with Crippen LogP contribution in [0.25, 0.3) is 0 Å². The molecular weight excluding hydrogens is 230 g/mol. The first-order valence-corrected chi connectivity index (χ1v) is 6.83. The van der Waals surface area contributed by atoms with Gasteiger partial charge in [-0.25, -0.2) is 0 Å². The van der Waals surface area contributed by atoms with E-state index < -0.39 is 0 Å². The Morgan fingerprint density at radius 1 is 1.50 bits per heavy atom. The monoisotopic (exact) mass is 255 g/mol. The number of nitrogens with zero attached hydrogens (tertiary/aromatic N) is 2. The van der Waals surface area contributed by atoms with Crippen molar-refractivity contribution < 1.29 is 9.53 Å². The third-order valence-electron chi connectivity index (χ3n) is 3.96. The summed E-state index contributed by atoms with van der Waals surface area (Å²) in [5, 5.41) is 3.28. The van der Waals surface area contributed by atoms with Crippen LogP contribution in [-0.4, -0.2) is 74.7 Å². The van der Waals surface area contributed by atoms with Gasteiger partial charge in [0, 0.05) is 32.8 Å². The molecule has 0 aliphatic carbocycles. The van der Waals surface area contributed by atoms with Gasteiger partial charge in [-0.05, 0) is 33.4 Å². The largest absolute Gasteiger partial charge is 0.380 e. The Balaban J connectivity index is 1.91. The highest BCUT2D eigenvalue weighted by molar-refractivity contribution is 5.83. The predicted octanol–water partition coefficient (Wildman–Crippen LogP) is -0.0841. The number of likely N-dealkylation sites (N-methyl/N-ethyl adjacent to an activating group) is 1. The van der Waals surface area contributed by atoms with Crippen molar-refractivity contribution in [3.05, 3.63) is 0 Å². The van der Waals surface area contributed by atoms with Crippen LogP contribution in [0.2, 0.25) is 0 Å². The minimum Gasteiger partial charge on any atom is -0.380 e. The topological polar surface area (TPSA) is 44.8 Å². The molecule has 0 saturated carbocycles. The van der Waals surface area contributed by atoms with Gasteiger partial charge in [0.15, 0.2) is 0 Å². The lowest BCUT2D eigenvalue weighted by atomic mass is 10.1. The minimum atomic E-state index is -0.0438. The number of hydrogen-bond acceptors (Lipinski definition) is 4. The summed E-state index contributed by atoms with van der Waals surface area (Å²) in [5.74, 6) is 0.263. The van der Waals surface area contributed by atoms with Gasteiger partial charge in [0.2, 0.25) is 5.91 Å². The summed E-state index contributed by atoms with van der Waals surface area (Å²) in [5.41, 5.74) is 0. The molecule has 2 aliphatic rings. The SMILES string of the molecule is COC1CNC(C(=O)N2CCCC2CN(C)C)C1. The lowest BCUT2D eigenvalue weighted by Crippen LogP contribution is -2.48. The molecule has 2 aliphatic heterocycles. The number of ether oxygens (including phenoxy) is 1. The van der Waals surface area contributed by atoms with Crippen molar-refractivity contribution in [1.82, 2.24) is 15.1 Å². The van der Waals surface area contributed by atoms with Gasteiger partial charge in [-0.3, -0.25) is 4.79 Å². The average Bonchev–Trinajstić information content (AvgIpc) is 2.95. The Hall–Kier alpha value is -0.650. The fourth-order valence-electron chi connectivity index (χ4n) is 3.01. The van der Waals surface area contributed by atoms with E-state index in [2.05, 4.69) is 29.2 Å². The van der Waals surface area contributed by atoms with Crippen molar-refractivity contribution in [3.63, 3.8) is 0 Å². The van der Waals surface area contributed by atoms with E-state index >= 15 is 0 Å². The zero-order valence-electron chi connectivity index (χ0n) is 11.7. The van der Waals surface area contributed by atoms with Crippen molar-refractivity contribution in [2.24, 2.45) is 0 Å². The van der Waals surface area contributed by atoms with E-state index in [4.69, 9.17) is 4.74 Å². The van der Waals surface area contributed by atoms with Gasteiger partial charge in [-0.15, -0.1) is 0 Å². The van der Waals surface area contributed by atoms with E-state index in [-0.39, 0.29) is 18.1 Å². The molecule has 0 spiro atoms. The highest BCUT2D eigenvalue weighted by Gasteiger charge is 2.36. The quantitative estimate of drug-likeness (QED) is 0.763. The molecule has 5 nitrogen and oxygen atoms in total. The molecule has 2 saturated heterocycles. The molecule has 2 fully saturated rings. The maximum Gasteiger partial charge on any atom is 0.240 e. The normalized spacial score (nSPS) is 32.4.